The van der Waals surface area contributed by atoms with Crippen molar-refractivity contribution in [2.75, 3.05) is 38.1 Å². The summed E-state index contributed by atoms with van der Waals surface area (Å²) >= 11 is 1.12. The summed E-state index contributed by atoms with van der Waals surface area (Å²) in [5.74, 6) is 0.286. The number of nitrogens with zero attached hydrogens (tertiary/aromatic N) is 3. The minimum absolute atomic E-state index is 0.0520. The summed E-state index contributed by atoms with van der Waals surface area (Å²) in [6.45, 7) is 8.20. The summed E-state index contributed by atoms with van der Waals surface area (Å²) in [5.41, 5.74) is 0.494. The Morgan fingerprint density at radius 1 is 1.31 bits per heavy atom. The lowest BCUT2D eigenvalue weighted by Gasteiger charge is -2.15. The maximum Gasteiger partial charge on any atom is 0.270 e. The molecular formula is C23H29N5O3S. The monoisotopic (exact) mass is 455 g/mol. The second-order valence-corrected chi connectivity index (χ2v) is 8.41. The van der Waals surface area contributed by atoms with Crippen molar-refractivity contribution in [1.29, 1.82) is 5.26 Å². The SMILES string of the molecule is CCNC(=O)/C(C#N)=c1\s/c(=C/Nc2cccc(OCCN3CCCC3)c2)c(=O)n1CC. The number of hydrogen-bond acceptors (Lipinski definition) is 7. The summed E-state index contributed by atoms with van der Waals surface area (Å²) in [4.78, 5) is 27.4. The summed E-state index contributed by atoms with van der Waals surface area (Å²) in [7, 11) is 0. The van der Waals surface area contributed by atoms with Gasteiger partial charge in [0, 0.05) is 37.6 Å². The Kier molecular flexibility index (Phi) is 8.48. The van der Waals surface area contributed by atoms with E-state index in [1.165, 1.54) is 17.4 Å². The molecule has 8 nitrogen and oxygen atoms in total. The van der Waals surface area contributed by atoms with E-state index in [4.69, 9.17) is 4.74 Å². The molecule has 1 aromatic carbocycles. The zero-order valence-corrected chi connectivity index (χ0v) is 19.3. The Hall–Kier alpha value is -3.09. The third kappa shape index (κ3) is 5.78. The van der Waals surface area contributed by atoms with Gasteiger partial charge in [0.1, 0.15) is 27.6 Å². The van der Waals surface area contributed by atoms with E-state index in [2.05, 4.69) is 15.5 Å². The van der Waals surface area contributed by atoms with Gasteiger partial charge in [0.05, 0.1) is 0 Å². The van der Waals surface area contributed by atoms with E-state index in [-0.39, 0.29) is 11.1 Å². The molecule has 2 heterocycles. The van der Waals surface area contributed by atoms with E-state index >= 15 is 0 Å². The topological polar surface area (TPSA) is 99.4 Å². The van der Waals surface area contributed by atoms with Crippen molar-refractivity contribution in [3.05, 3.63) is 43.8 Å². The minimum atomic E-state index is -0.475. The molecule has 0 atom stereocenters. The lowest BCUT2D eigenvalue weighted by Crippen LogP contribution is -2.34. The van der Waals surface area contributed by atoms with Crippen LogP contribution < -0.4 is 30.1 Å². The molecule has 0 unspecified atom stereocenters. The maximum atomic E-state index is 12.8. The number of amides is 1. The number of nitriles is 1. The zero-order chi connectivity index (χ0) is 22.9. The number of benzene rings is 1. The van der Waals surface area contributed by atoms with Crippen LogP contribution in [-0.4, -0.2) is 48.2 Å². The highest BCUT2D eigenvalue weighted by Crippen LogP contribution is 2.17. The van der Waals surface area contributed by atoms with Gasteiger partial charge in [-0.1, -0.05) is 6.07 Å². The molecule has 170 valence electrons. The van der Waals surface area contributed by atoms with Gasteiger partial charge in [0.2, 0.25) is 0 Å². The van der Waals surface area contributed by atoms with E-state index in [0.29, 0.717) is 28.9 Å². The Balaban J connectivity index is 1.79. The van der Waals surface area contributed by atoms with Gasteiger partial charge in [-0.05, 0) is 51.9 Å². The van der Waals surface area contributed by atoms with Crippen LogP contribution in [0.5, 0.6) is 5.75 Å². The van der Waals surface area contributed by atoms with Gasteiger partial charge < -0.3 is 15.4 Å². The molecule has 3 rings (SSSR count). The molecule has 0 saturated carbocycles. The van der Waals surface area contributed by atoms with E-state index in [0.717, 1.165) is 42.4 Å². The van der Waals surface area contributed by atoms with Crippen molar-refractivity contribution in [3.63, 3.8) is 0 Å². The Morgan fingerprint density at radius 3 is 2.78 bits per heavy atom. The van der Waals surface area contributed by atoms with Gasteiger partial charge in [-0.3, -0.25) is 19.1 Å². The van der Waals surface area contributed by atoms with Crippen LogP contribution in [0.1, 0.15) is 26.7 Å². The Labute approximate surface area is 191 Å². The third-order valence-electron chi connectivity index (χ3n) is 5.19. The van der Waals surface area contributed by atoms with Crippen molar-refractivity contribution < 1.29 is 9.53 Å². The highest BCUT2D eigenvalue weighted by atomic mass is 32.1. The molecule has 0 radical (unpaired) electrons. The van der Waals surface area contributed by atoms with Gasteiger partial charge in [-0.25, -0.2) is 0 Å². The average molecular weight is 456 g/mol. The summed E-state index contributed by atoms with van der Waals surface area (Å²) in [6, 6.07) is 9.51. The van der Waals surface area contributed by atoms with Crippen LogP contribution in [0.15, 0.2) is 29.1 Å². The molecule has 1 amide bonds. The van der Waals surface area contributed by atoms with Crippen molar-refractivity contribution in [1.82, 2.24) is 14.8 Å². The molecule has 1 aliphatic rings. The number of thiazole rings is 1. The van der Waals surface area contributed by atoms with Gasteiger partial charge in [-0.2, -0.15) is 5.26 Å². The van der Waals surface area contributed by atoms with Crippen molar-refractivity contribution in [3.8, 4) is 11.8 Å². The number of carbonyl (C=O) groups excluding carboxylic acids is 1. The first-order chi connectivity index (χ1) is 15.6. The summed E-state index contributed by atoms with van der Waals surface area (Å²) in [5, 5.41) is 15.2. The molecule has 1 fully saturated rings. The fourth-order valence-corrected chi connectivity index (χ4v) is 4.65. The van der Waals surface area contributed by atoms with E-state index in [1.807, 2.05) is 37.3 Å². The fraction of sp³-hybridized carbons (Fsp3) is 0.435. The maximum absolute atomic E-state index is 12.8. The molecule has 9 heteroatoms. The van der Waals surface area contributed by atoms with Crippen molar-refractivity contribution in [2.45, 2.75) is 33.2 Å². The van der Waals surface area contributed by atoms with Crippen molar-refractivity contribution >= 4 is 34.7 Å². The van der Waals surface area contributed by atoms with Gasteiger partial charge in [-0.15, -0.1) is 11.3 Å². The van der Waals surface area contributed by atoms with Gasteiger partial charge in [0.25, 0.3) is 11.5 Å². The zero-order valence-electron chi connectivity index (χ0n) is 18.5. The first-order valence-corrected chi connectivity index (χ1v) is 11.7. The predicted octanol–water partition coefficient (Wildman–Crippen LogP) is 1.06. The number of hydrogen-bond donors (Lipinski definition) is 2. The highest BCUT2D eigenvalue weighted by molar-refractivity contribution is 7.07. The Morgan fingerprint density at radius 2 is 2.09 bits per heavy atom. The van der Waals surface area contributed by atoms with Crippen LogP contribution in [0.4, 0.5) is 5.69 Å². The quantitative estimate of drug-likeness (QED) is 0.587. The van der Waals surface area contributed by atoms with Crippen LogP contribution in [0.25, 0.3) is 11.8 Å². The van der Waals surface area contributed by atoms with Crippen molar-refractivity contribution in [2.24, 2.45) is 0 Å². The van der Waals surface area contributed by atoms with Crippen LogP contribution in [0, 0.1) is 11.3 Å². The third-order valence-corrected chi connectivity index (χ3v) is 6.32. The summed E-state index contributed by atoms with van der Waals surface area (Å²) in [6.07, 6.45) is 4.13. The summed E-state index contributed by atoms with van der Waals surface area (Å²) < 4.78 is 8.10. The first kappa shape index (κ1) is 23.6. The average Bonchev–Trinajstić information content (AvgIpc) is 3.41. The molecular weight excluding hydrogens is 426 g/mol. The van der Waals surface area contributed by atoms with Crippen LogP contribution >= 0.6 is 11.3 Å². The second kappa shape index (κ2) is 11.5. The molecule has 32 heavy (non-hydrogen) atoms. The van der Waals surface area contributed by atoms with Crippen LogP contribution in [0.3, 0.4) is 0 Å². The van der Waals surface area contributed by atoms with E-state index in [1.54, 1.807) is 13.1 Å². The minimum Gasteiger partial charge on any atom is -0.492 e. The molecule has 0 aliphatic carbocycles. The van der Waals surface area contributed by atoms with E-state index < -0.39 is 5.91 Å². The van der Waals surface area contributed by atoms with Crippen LogP contribution in [-0.2, 0) is 11.3 Å². The molecule has 0 spiro atoms. The molecule has 2 N–H and O–H groups in total. The lowest BCUT2D eigenvalue weighted by atomic mass is 10.3. The number of anilines is 1. The van der Waals surface area contributed by atoms with Gasteiger partial charge >= 0.3 is 0 Å². The molecule has 1 aromatic heterocycles. The number of rotatable bonds is 9. The number of likely N-dealkylation sites (tertiary alicyclic amines) is 1. The number of aromatic nitrogens is 1. The van der Waals surface area contributed by atoms with Crippen LogP contribution in [0.2, 0.25) is 0 Å². The number of nitrogens with one attached hydrogen (secondary N) is 2. The molecule has 0 bridgehead atoms. The normalized spacial score (nSPS) is 15.3. The molecule has 2 aromatic rings. The fourth-order valence-electron chi connectivity index (χ4n) is 3.56. The Bertz CT molecular complexity index is 1160. The molecule has 1 aliphatic heterocycles. The first-order valence-electron chi connectivity index (χ1n) is 10.9. The van der Waals surface area contributed by atoms with E-state index in [9.17, 15) is 14.9 Å². The number of carbonyl (C=O) groups is 1. The highest BCUT2D eigenvalue weighted by Gasteiger charge is 2.14. The largest absolute Gasteiger partial charge is 0.492 e. The van der Waals surface area contributed by atoms with Gasteiger partial charge in [0.15, 0.2) is 5.57 Å². The second-order valence-electron chi connectivity index (χ2n) is 7.38. The lowest BCUT2D eigenvalue weighted by molar-refractivity contribution is -0.115. The predicted molar refractivity (Wildman–Crippen MR) is 127 cm³/mol. The standard InChI is InChI=1S/C23H29N5O3S/c1-3-25-21(29)19(15-24)23-28(4-2)22(30)20(32-23)16-26-17-8-7-9-18(14-17)31-13-12-27-10-5-6-11-27/h7-9,14,16,26H,3-6,10-13H2,1-2H3,(H,25,29)/b20-16+,23-19-. The smallest absolute Gasteiger partial charge is 0.270 e. The molecule has 1 saturated heterocycles. The number of ether oxygens (including phenoxy) is 1.